The third-order valence-electron chi connectivity index (χ3n) is 4.34. The van der Waals surface area contributed by atoms with Crippen molar-refractivity contribution in [3.63, 3.8) is 0 Å². The van der Waals surface area contributed by atoms with E-state index in [2.05, 4.69) is 25.7 Å². The average Bonchev–Trinajstić information content (AvgIpc) is 3.45. The van der Waals surface area contributed by atoms with Gasteiger partial charge >= 0.3 is 0 Å². The number of aryl methyl sites for hydroxylation is 1. The first-order valence-electron chi connectivity index (χ1n) is 9.59. The van der Waals surface area contributed by atoms with Gasteiger partial charge in [-0.1, -0.05) is 72.5 Å². The van der Waals surface area contributed by atoms with Gasteiger partial charge in [0.2, 0.25) is 11.0 Å². The minimum absolute atomic E-state index is 0.156. The van der Waals surface area contributed by atoms with Crippen molar-refractivity contribution in [2.45, 2.75) is 18.5 Å². The molecule has 0 fully saturated rings. The van der Waals surface area contributed by atoms with E-state index in [4.69, 9.17) is 4.74 Å². The highest BCUT2D eigenvalue weighted by Crippen LogP contribution is 2.32. The van der Waals surface area contributed by atoms with Crippen molar-refractivity contribution in [3.8, 4) is 22.8 Å². The molecule has 2 aromatic carbocycles. The van der Waals surface area contributed by atoms with Crippen molar-refractivity contribution in [2.24, 2.45) is 0 Å². The number of rotatable bonds is 8. The summed E-state index contributed by atoms with van der Waals surface area (Å²) >= 11 is 2.67. The number of carbonyl (C=O) groups excluding carboxylic acids is 1. The van der Waals surface area contributed by atoms with Gasteiger partial charge < -0.3 is 4.74 Å². The molecule has 0 aliphatic carbocycles. The van der Waals surface area contributed by atoms with Crippen LogP contribution in [0.2, 0.25) is 0 Å². The molecule has 4 rings (SSSR count). The SMILES string of the molecule is CCc1nnc(NC(=O)CSc2nnc(-c3ccccc3)n2-c2ccccc2OC)s1. The smallest absolute Gasteiger partial charge is 0.236 e. The van der Waals surface area contributed by atoms with Crippen LogP contribution in [0.25, 0.3) is 17.1 Å². The van der Waals surface area contributed by atoms with E-state index in [1.54, 1.807) is 7.11 Å². The van der Waals surface area contributed by atoms with E-state index >= 15 is 0 Å². The molecule has 158 valence electrons. The Hall–Kier alpha value is -3.24. The summed E-state index contributed by atoms with van der Waals surface area (Å²) in [6.45, 7) is 2.00. The van der Waals surface area contributed by atoms with Crippen LogP contribution in [0.1, 0.15) is 11.9 Å². The molecule has 31 heavy (non-hydrogen) atoms. The van der Waals surface area contributed by atoms with Crippen molar-refractivity contribution in [1.29, 1.82) is 0 Å². The lowest BCUT2D eigenvalue weighted by atomic mass is 10.2. The van der Waals surface area contributed by atoms with Crippen LogP contribution in [-0.2, 0) is 11.2 Å². The number of hydrogen-bond acceptors (Lipinski definition) is 8. The third-order valence-corrected chi connectivity index (χ3v) is 6.25. The molecule has 0 spiro atoms. The number of thioether (sulfide) groups is 1. The fraction of sp³-hybridized carbons (Fsp3) is 0.190. The molecule has 1 amide bonds. The predicted molar refractivity (Wildman–Crippen MR) is 122 cm³/mol. The van der Waals surface area contributed by atoms with E-state index in [9.17, 15) is 4.79 Å². The number of aromatic nitrogens is 5. The zero-order chi connectivity index (χ0) is 21.6. The van der Waals surface area contributed by atoms with Gasteiger partial charge in [-0.3, -0.25) is 14.7 Å². The third kappa shape index (κ3) is 4.75. The predicted octanol–water partition coefficient (Wildman–Crippen LogP) is 4.09. The standard InChI is InChI=1S/C21H20N6O2S2/c1-3-18-23-25-20(31-18)22-17(28)13-30-21-26-24-19(14-9-5-4-6-10-14)27(21)15-11-7-8-12-16(15)29-2/h4-12H,3,13H2,1-2H3,(H,22,25,28). The van der Waals surface area contributed by atoms with E-state index < -0.39 is 0 Å². The number of hydrogen-bond donors (Lipinski definition) is 1. The van der Waals surface area contributed by atoms with Crippen molar-refractivity contribution >= 4 is 34.1 Å². The molecule has 8 nitrogen and oxygen atoms in total. The van der Waals surface area contributed by atoms with Crippen LogP contribution in [0.3, 0.4) is 0 Å². The number of carbonyl (C=O) groups is 1. The second-order valence-electron chi connectivity index (χ2n) is 6.37. The Kier molecular flexibility index (Phi) is 6.58. The molecular formula is C21H20N6O2S2. The molecule has 0 radical (unpaired) electrons. The molecule has 10 heteroatoms. The number of nitrogens with zero attached hydrogens (tertiary/aromatic N) is 5. The first-order chi connectivity index (χ1) is 15.2. The average molecular weight is 453 g/mol. The van der Waals surface area contributed by atoms with Crippen LogP contribution in [0, 0.1) is 0 Å². The van der Waals surface area contributed by atoms with Gasteiger partial charge in [-0.2, -0.15) is 0 Å². The van der Waals surface area contributed by atoms with Gasteiger partial charge in [0.1, 0.15) is 10.8 Å². The number of methoxy groups -OCH3 is 1. The molecular weight excluding hydrogens is 432 g/mol. The summed E-state index contributed by atoms with van der Waals surface area (Å²) in [4.78, 5) is 12.5. The molecule has 1 N–H and O–H groups in total. The van der Waals surface area contributed by atoms with Crippen LogP contribution in [-0.4, -0.2) is 43.7 Å². The summed E-state index contributed by atoms with van der Waals surface area (Å²) in [5, 5.41) is 21.5. The number of nitrogens with one attached hydrogen (secondary N) is 1. The first-order valence-corrected chi connectivity index (χ1v) is 11.4. The zero-order valence-electron chi connectivity index (χ0n) is 17.0. The lowest BCUT2D eigenvalue weighted by molar-refractivity contribution is -0.113. The quantitative estimate of drug-likeness (QED) is 0.402. The second-order valence-corrected chi connectivity index (χ2v) is 8.38. The van der Waals surface area contributed by atoms with Crippen molar-refractivity contribution in [2.75, 3.05) is 18.2 Å². The Morgan fingerprint density at radius 2 is 1.84 bits per heavy atom. The first kappa shape index (κ1) is 21.0. The number of amides is 1. The summed E-state index contributed by atoms with van der Waals surface area (Å²) in [6.07, 6.45) is 0.784. The number of ether oxygens (including phenoxy) is 1. The molecule has 0 atom stereocenters. The Bertz CT molecular complexity index is 1180. The Morgan fingerprint density at radius 3 is 2.58 bits per heavy atom. The fourth-order valence-corrected chi connectivity index (χ4v) is 4.34. The maximum absolute atomic E-state index is 12.5. The van der Waals surface area contributed by atoms with Gasteiger partial charge in [0.05, 0.1) is 18.6 Å². The molecule has 0 aliphatic rings. The highest BCUT2D eigenvalue weighted by molar-refractivity contribution is 7.99. The minimum atomic E-state index is -0.181. The lowest BCUT2D eigenvalue weighted by Gasteiger charge is -2.13. The lowest BCUT2D eigenvalue weighted by Crippen LogP contribution is -2.14. The van der Waals surface area contributed by atoms with Crippen LogP contribution < -0.4 is 10.1 Å². The van der Waals surface area contributed by atoms with E-state index in [0.717, 1.165) is 22.7 Å². The van der Waals surface area contributed by atoms with Crippen LogP contribution in [0.4, 0.5) is 5.13 Å². The monoisotopic (exact) mass is 452 g/mol. The van der Waals surface area contributed by atoms with Crippen molar-refractivity contribution in [1.82, 2.24) is 25.0 Å². The summed E-state index contributed by atoms with van der Waals surface area (Å²) in [6, 6.07) is 17.4. The van der Waals surface area contributed by atoms with E-state index in [-0.39, 0.29) is 11.7 Å². The zero-order valence-corrected chi connectivity index (χ0v) is 18.6. The maximum Gasteiger partial charge on any atom is 0.236 e. The second kappa shape index (κ2) is 9.71. The molecule has 0 saturated carbocycles. The number of benzene rings is 2. The summed E-state index contributed by atoms with van der Waals surface area (Å²) in [5.74, 6) is 1.33. The van der Waals surface area contributed by atoms with Crippen LogP contribution in [0.15, 0.2) is 59.8 Å². The van der Waals surface area contributed by atoms with Crippen LogP contribution >= 0.6 is 23.1 Å². The Morgan fingerprint density at radius 1 is 1.06 bits per heavy atom. The van der Waals surface area contributed by atoms with Gasteiger partial charge in [0.25, 0.3) is 0 Å². The van der Waals surface area contributed by atoms with E-state index in [1.807, 2.05) is 66.1 Å². The highest BCUT2D eigenvalue weighted by atomic mass is 32.2. The molecule has 0 saturated heterocycles. The molecule has 2 heterocycles. The van der Waals surface area contributed by atoms with Crippen LogP contribution in [0.5, 0.6) is 5.75 Å². The Balaban J connectivity index is 1.61. The summed E-state index contributed by atoms with van der Waals surface area (Å²) in [7, 11) is 1.62. The molecule has 2 aromatic heterocycles. The number of para-hydroxylation sites is 2. The Labute approximate surface area is 187 Å². The topological polar surface area (TPSA) is 94.8 Å². The van der Waals surface area contributed by atoms with E-state index in [1.165, 1.54) is 23.1 Å². The normalized spacial score (nSPS) is 10.8. The van der Waals surface area contributed by atoms with E-state index in [0.29, 0.717) is 21.9 Å². The summed E-state index contributed by atoms with van der Waals surface area (Å²) in [5.41, 5.74) is 1.71. The molecule has 0 aliphatic heterocycles. The maximum atomic E-state index is 12.5. The highest BCUT2D eigenvalue weighted by Gasteiger charge is 2.20. The van der Waals surface area contributed by atoms with Gasteiger partial charge in [0.15, 0.2) is 11.0 Å². The van der Waals surface area contributed by atoms with Gasteiger partial charge in [0, 0.05) is 5.56 Å². The minimum Gasteiger partial charge on any atom is -0.495 e. The largest absolute Gasteiger partial charge is 0.495 e. The van der Waals surface area contributed by atoms with Gasteiger partial charge in [-0.15, -0.1) is 20.4 Å². The van der Waals surface area contributed by atoms with Gasteiger partial charge in [-0.25, -0.2) is 0 Å². The van der Waals surface area contributed by atoms with Crippen molar-refractivity contribution < 1.29 is 9.53 Å². The molecule has 0 unspecified atom stereocenters. The molecule has 0 bridgehead atoms. The fourth-order valence-electron chi connectivity index (χ4n) is 2.90. The van der Waals surface area contributed by atoms with Crippen molar-refractivity contribution in [3.05, 3.63) is 59.6 Å². The van der Waals surface area contributed by atoms with Gasteiger partial charge in [-0.05, 0) is 18.6 Å². The number of anilines is 1. The molecule has 4 aromatic rings. The summed E-state index contributed by atoms with van der Waals surface area (Å²) < 4.78 is 7.46.